The van der Waals surface area contributed by atoms with E-state index in [2.05, 4.69) is 57.1 Å². The molecule has 0 amide bonds. The van der Waals surface area contributed by atoms with Crippen LogP contribution in [0.4, 0.5) is 0 Å². The lowest BCUT2D eigenvalue weighted by Gasteiger charge is -2.37. The molecule has 0 saturated carbocycles. The number of hydrogen-bond donors (Lipinski definition) is 2. The van der Waals surface area contributed by atoms with Crippen LogP contribution in [0.2, 0.25) is 0 Å². The van der Waals surface area contributed by atoms with Gasteiger partial charge in [-0.1, -0.05) is 13.8 Å². The van der Waals surface area contributed by atoms with Gasteiger partial charge < -0.3 is 15.4 Å². The molecule has 2 N–H and O–H groups in total. The van der Waals surface area contributed by atoms with Crippen LogP contribution in [0.15, 0.2) is 11.1 Å². The quantitative estimate of drug-likeness (QED) is 0.252. The molecule has 2 heterocycles. The molecule has 0 spiro atoms. The number of guanidine groups is 1. The molecule has 1 saturated heterocycles. The number of rotatable bonds is 8. The molecule has 27 heavy (non-hydrogen) atoms. The summed E-state index contributed by atoms with van der Waals surface area (Å²) in [5.74, 6) is 1.46. The molecule has 1 aromatic rings. The minimum atomic E-state index is 0. The first-order valence-corrected chi connectivity index (χ1v) is 9.78. The topological polar surface area (TPSA) is 66.7 Å². The second-order valence-electron chi connectivity index (χ2n) is 7.34. The maximum atomic E-state index is 5.48. The average molecular weight is 492 g/mol. The third-order valence-corrected chi connectivity index (χ3v) is 4.93. The minimum absolute atomic E-state index is 0. The fraction of sp³-hybridized carbons (Fsp3) is 0.789. The van der Waals surface area contributed by atoms with Gasteiger partial charge in [-0.3, -0.25) is 14.6 Å². The Morgan fingerprint density at radius 3 is 2.52 bits per heavy atom. The number of halogens is 1. The Hall–Kier alpha value is -0.870. The third kappa shape index (κ3) is 7.95. The van der Waals surface area contributed by atoms with E-state index in [1.165, 1.54) is 5.69 Å². The van der Waals surface area contributed by atoms with Gasteiger partial charge in [0.2, 0.25) is 0 Å². The fourth-order valence-electron chi connectivity index (χ4n) is 3.45. The summed E-state index contributed by atoms with van der Waals surface area (Å²) in [5.41, 5.74) is 2.30. The van der Waals surface area contributed by atoms with Gasteiger partial charge in [0.05, 0.1) is 18.9 Å². The summed E-state index contributed by atoms with van der Waals surface area (Å²) < 4.78 is 7.55. The molecule has 1 aromatic heterocycles. The van der Waals surface area contributed by atoms with Gasteiger partial charge in [-0.05, 0) is 32.3 Å². The number of nitrogens with one attached hydrogen (secondary N) is 2. The zero-order valence-electron chi connectivity index (χ0n) is 17.5. The summed E-state index contributed by atoms with van der Waals surface area (Å²) in [6.07, 6.45) is 1.01. The lowest BCUT2D eigenvalue weighted by molar-refractivity contribution is 0.00752. The van der Waals surface area contributed by atoms with Crippen molar-refractivity contribution in [3.63, 3.8) is 0 Å². The Morgan fingerprint density at radius 2 is 1.96 bits per heavy atom. The molecular formula is C19H37IN6O. The highest BCUT2D eigenvalue weighted by molar-refractivity contribution is 14.0. The molecule has 0 aromatic carbocycles. The largest absolute Gasteiger partial charge is 0.379 e. The number of ether oxygens (including phenoxy) is 1. The molecule has 8 heteroatoms. The molecule has 1 unspecified atom stereocenters. The maximum absolute atomic E-state index is 5.48. The average Bonchev–Trinajstić information content (AvgIpc) is 2.95. The predicted molar refractivity (Wildman–Crippen MR) is 122 cm³/mol. The van der Waals surface area contributed by atoms with E-state index in [0.717, 1.165) is 64.0 Å². The molecule has 0 bridgehead atoms. The summed E-state index contributed by atoms with van der Waals surface area (Å²) in [7, 11) is 1.83. The van der Waals surface area contributed by atoms with Crippen LogP contribution in [0.25, 0.3) is 0 Å². The fourth-order valence-corrected chi connectivity index (χ4v) is 3.45. The Kier molecular flexibility index (Phi) is 11.2. The van der Waals surface area contributed by atoms with Crippen LogP contribution >= 0.6 is 24.0 Å². The molecule has 1 aliphatic rings. The van der Waals surface area contributed by atoms with E-state index in [1.807, 2.05) is 14.0 Å². The van der Waals surface area contributed by atoms with E-state index in [4.69, 9.17) is 4.74 Å². The van der Waals surface area contributed by atoms with Crippen LogP contribution in [0.3, 0.4) is 0 Å². The molecule has 156 valence electrons. The molecular weight excluding hydrogens is 455 g/mol. The minimum Gasteiger partial charge on any atom is -0.379 e. The van der Waals surface area contributed by atoms with Crippen molar-refractivity contribution < 1.29 is 4.74 Å². The molecule has 7 nitrogen and oxygen atoms in total. The van der Waals surface area contributed by atoms with Crippen molar-refractivity contribution >= 4 is 29.9 Å². The lowest BCUT2D eigenvalue weighted by atomic mass is 10.0. The Bertz CT molecular complexity index is 569. The van der Waals surface area contributed by atoms with Crippen LogP contribution in [0.5, 0.6) is 0 Å². The van der Waals surface area contributed by atoms with Crippen molar-refractivity contribution in [3.05, 3.63) is 17.5 Å². The number of aromatic nitrogens is 2. The highest BCUT2D eigenvalue weighted by Gasteiger charge is 2.23. The normalized spacial score (nSPS) is 16.9. The number of hydrogen-bond acceptors (Lipinski definition) is 4. The standard InChI is InChI=1S/C19H36N6O.HI/c1-15(2)18(24-9-11-26-12-10-24)14-22-19(20-5)21-7-6-8-25-17(4)13-16(3)23-25;/h13,15,18H,6-12,14H2,1-5H3,(H2,20,21,22);1H. The molecule has 0 radical (unpaired) electrons. The first kappa shape index (κ1) is 24.2. The number of morpholine rings is 1. The van der Waals surface area contributed by atoms with Crippen LogP contribution in [0.1, 0.15) is 31.7 Å². The van der Waals surface area contributed by atoms with E-state index in [-0.39, 0.29) is 24.0 Å². The number of aryl methyl sites for hydroxylation is 3. The van der Waals surface area contributed by atoms with Gasteiger partial charge in [0.1, 0.15) is 0 Å². The SMILES string of the molecule is CN=C(NCCCn1nc(C)cc1C)NCC(C(C)C)N1CCOCC1.I. The van der Waals surface area contributed by atoms with Gasteiger partial charge in [0.15, 0.2) is 5.96 Å². The first-order valence-electron chi connectivity index (χ1n) is 9.78. The monoisotopic (exact) mass is 492 g/mol. The van der Waals surface area contributed by atoms with Crippen LogP contribution in [-0.4, -0.2) is 73.1 Å². The van der Waals surface area contributed by atoms with Crippen molar-refractivity contribution in [1.29, 1.82) is 0 Å². The molecule has 2 rings (SSSR count). The second-order valence-corrected chi connectivity index (χ2v) is 7.34. The van der Waals surface area contributed by atoms with E-state index in [9.17, 15) is 0 Å². The number of nitrogens with zero attached hydrogens (tertiary/aromatic N) is 4. The van der Waals surface area contributed by atoms with Crippen molar-refractivity contribution in [1.82, 2.24) is 25.3 Å². The van der Waals surface area contributed by atoms with Gasteiger partial charge in [0, 0.05) is 51.5 Å². The van der Waals surface area contributed by atoms with Gasteiger partial charge in [0.25, 0.3) is 0 Å². The van der Waals surface area contributed by atoms with Crippen LogP contribution in [-0.2, 0) is 11.3 Å². The summed E-state index contributed by atoms with van der Waals surface area (Å²) in [6, 6.07) is 2.61. The van der Waals surface area contributed by atoms with Crippen molar-refractivity contribution in [2.45, 2.75) is 46.7 Å². The Labute approximate surface area is 181 Å². The van der Waals surface area contributed by atoms with E-state index >= 15 is 0 Å². The predicted octanol–water partition coefficient (Wildman–Crippen LogP) is 2.03. The maximum Gasteiger partial charge on any atom is 0.191 e. The summed E-state index contributed by atoms with van der Waals surface area (Å²) in [6.45, 7) is 15.1. The molecule has 1 fully saturated rings. The van der Waals surface area contributed by atoms with Gasteiger partial charge in [-0.15, -0.1) is 24.0 Å². The summed E-state index contributed by atoms with van der Waals surface area (Å²) in [4.78, 5) is 6.88. The van der Waals surface area contributed by atoms with E-state index in [0.29, 0.717) is 12.0 Å². The second kappa shape index (κ2) is 12.6. The molecule has 1 aliphatic heterocycles. The number of aliphatic imine (C=N–C) groups is 1. The molecule has 1 atom stereocenters. The zero-order valence-corrected chi connectivity index (χ0v) is 19.8. The zero-order chi connectivity index (χ0) is 18.9. The van der Waals surface area contributed by atoms with E-state index < -0.39 is 0 Å². The third-order valence-electron chi connectivity index (χ3n) is 4.93. The first-order chi connectivity index (χ1) is 12.5. The van der Waals surface area contributed by atoms with Crippen LogP contribution in [0, 0.1) is 19.8 Å². The Balaban J connectivity index is 0.00000364. The highest BCUT2D eigenvalue weighted by atomic mass is 127. The summed E-state index contributed by atoms with van der Waals surface area (Å²) >= 11 is 0. The van der Waals surface area contributed by atoms with E-state index in [1.54, 1.807) is 0 Å². The van der Waals surface area contributed by atoms with Crippen molar-refractivity contribution in [3.8, 4) is 0 Å². The van der Waals surface area contributed by atoms with Gasteiger partial charge >= 0.3 is 0 Å². The van der Waals surface area contributed by atoms with Gasteiger partial charge in [-0.25, -0.2) is 0 Å². The Morgan fingerprint density at radius 1 is 1.26 bits per heavy atom. The lowest BCUT2D eigenvalue weighted by Crippen LogP contribution is -2.52. The molecule has 0 aliphatic carbocycles. The van der Waals surface area contributed by atoms with Crippen LogP contribution < -0.4 is 10.6 Å². The van der Waals surface area contributed by atoms with Gasteiger partial charge in [-0.2, -0.15) is 5.10 Å². The van der Waals surface area contributed by atoms with Crippen molar-refractivity contribution in [2.75, 3.05) is 46.4 Å². The summed E-state index contributed by atoms with van der Waals surface area (Å²) in [5, 5.41) is 11.4. The highest BCUT2D eigenvalue weighted by Crippen LogP contribution is 2.12. The van der Waals surface area contributed by atoms with Crippen molar-refractivity contribution in [2.24, 2.45) is 10.9 Å². The smallest absolute Gasteiger partial charge is 0.191 e.